The molecular formula is C16H12BrCl2N2+. The van der Waals surface area contributed by atoms with Crippen molar-refractivity contribution in [1.29, 1.82) is 0 Å². The van der Waals surface area contributed by atoms with Gasteiger partial charge in [-0.1, -0.05) is 23.7 Å². The van der Waals surface area contributed by atoms with Crippen molar-refractivity contribution in [3.05, 3.63) is 52.0 Å². The summed E-state index contributed by atoms with van der Waals surface area (Å²) >= 11 is 9.69. The van der Waals surface area contributed by atoms with E-state index in [2.05, 4.69) is 68.9 Å². The van der Waals surface area contributed by atoms with Crippen molar-refractivity contribution in [3.8, 4) is 0 Å². The molecule has 0 amide bonds. The molecule has 0 aliphatic heterocycles. The third kappa shape index (κ3) is 2.11. The number of nitrogens with zero attached hydrogens (tertiary/aromatic N) is 1. The van der Waals surface area contributed by atoms with Crippen LogP contribution in [0.5, 0.6) is 0 Å². The normalized spacial score (nSPS) is 11.2. The summed E-state index contributed by atoms with van der Waals surface area (Å²) < 4.78 is 3.14. The standard InChI is InChI=1S/C16H10BrClN2.ClH/c1-20-15-5-3-2-4-9(15)6-14-16(20)10-7-11(17)12(18)8-13(10)19-14;/h2-8H,1H3;1H/p+1. The predicted molar refractivity (Wildman–Crippen MR) is 94.4 cm³/mol. The molecule has 5 heteroatoms. The lowest BCUT2D eigenvalue weighted by atomic mass is 10.1. The van der Waals surface area contributed by atoms with Crippen molar-refractivity contribution in [2.45, 2.75) is 0 Å². The number of aromatic amines is 1. The van der Waals surface area contributed by atoms with E-state index < -0.39 is 0 Å². The molecule has 0 bridgehead atoms. The Balaban J connectivity index is 0.00000132. The summed E-state index contributed by atoms with van der Waals surface area (Å²) in [6.45, 7) is 0. The molecule has 4 rings (SSSR count). The monoisotopic (exact) mass is 381 g/mol. The van der Waals surface area contributed by atoms with Crippen LogP contribution < -0.4 is 4.57 Å². The van der Waals surface area contributed by atoms with Crippen LogP contribution in [0.25, 0.3) is 32.8 Å². The molecule has 2 nitrogen and oxygen atoms in total. The van der Waals surface area contributed by atoms with Crippen LogP contribution in [0.3, 0.4) is 0 Å². The van der Waals surface area contributed by atoms with E-state index in [9.17, 15) is 0 Å². The number of aryl methyl sites for hydroxylation is 1. The largest absolute Gasteiger partial charge is 0.349 e. The molecule has 0 spiro atoms. The molecule has 0 atom stereocenters. The van der Waals surface area contributed by atoms with Crippen LogP contribution >= 0.6 is 39.9 Å². The molecule has 2 heterocycles. The molecule has 0 unspecified atom stereocenters. The van der Waals surface area contributed by atoms with Crippen molar-refractivity contribution < 1.29 is 4.57 Å². The minimum absolute atomic E-state index is 0. The second-order valence-electron chi connectivity index (χ2n) is 4.96. The van der Waals surface area contributed by atoms with Gasteiger partial charge in [-0.05, 0) is 40.2 Å². The van der Waals surface area contributed by atoms with Crippen molar-refractivity contribution >= 4 is 72.8 Å². The van der Waals surface area contributed by atoms with Gasteiger partial charge in [0, 0.05) is 15.9 Å². The number of para-hydroxylation sites is 1. The number of hydrogen-bond acceptors (Lipinski definition) is 0. The van der Waals surface area contributed by atoms with E-state index >= 15 is 0 Å². The molecule has 0 radical (unpaired) electrons. The number of hydrogen-bond donors (Lipinski definition) is 1. The first-order valence-electron chi connectivity index (χ1n) is 6.33. The number of benzene rings is 2. The third-order valence-electron chi connectivity index (χ3n) is 3.77. The zero-order valence-electron chi connectivity index (χ0n) is 11.2. The molecule has 0 fully saturated rings. The second kappa shape index (κ2) is 5.16. The van der Waals surface area contributed by atoms with Gasteiger partial charge in [-0.25, -0.2) is 0 Å². The average molecular weight is 383 g/mol. The van der Waals surface area contributed by atoms with Gasteiger partial charge in [-0.2, -0.15) is 4.57 Å². The van der Waals surface area contributed by atoms with Crippen LogP contribution in [0.2, 0.25) is 5.02 Å². The minimum atomic E-state index is 0. The lowest BCUT2D eigenvalue weighted by Crippen LogP contribution is -2.29. The summed E-state index contributed by atoms with van der Waals surface area (Å²) in [5.74, 6) is 0. The Morgan fingerprint density at radius 3 is 2.67 bits per heavy atom. The minimum Gasteiger partial charge on any atom is -0.349 e. The summed E-state index contributed by atoms with van der Waals surface area (Å²) in [6, 6.07) is 14.6. The molecule has 21 heavy (non-hydrogen) atoms. The molecule has 0 saturated heterocycles. The number of rotatable bonds is 0. The molecule has 0 saturated carbocycles. The maximum atomic E-state index is 6.19. The fourth-order valence-corrected chi connectivity index (χ4v) is 3.36. The smallest absolute Gasteiger partial charge is 0.238 e. The molecule has 106 valence electrons. The Hall–Kier alpha value is -1.29. The van der Waals surface area contributed by atoms with Gasteiger partial charge in [-0.3, -0.25) is 0 Å². The molecular weight excluding hydrogens is 371 g/mol. The number of halogens is 3. The van der Waals surface area contributed by atoms with E-state index in [1.165, 1.54) is 21.8 Å². The zero-order valence-corrected chi connectivity index (χ0v) is 14.3. The van der Waals surface area contributed by atoms with Gasteiger partial charge in [0.25, 0.3) is 0 Å². The number of fused-ring (bicyclic) bond motifs is 4. The molecule has 0 aliphatic carbocycles. The molecule has 2 aromatic carbocycles. The van der Waals surface area contributed by atoms with E-state index in [1.807, 2.05) is 6.07 Å². The Labute approximate surface area is 141 Å². The van der Waals surface area contributed by atoms with Gasteiger partial charge < -0.3 is 4.98 Å². The summed E-state index contributed by atoms with van der Waals surface area (Å²) in [6.07, 6.45) is 0. The Kier molecular flexibility index (Phi) is 3.60. The Morgan fingerprint density at radius 2 is 1.86 bits per heavy atom. The molecule has 1 N–H and O–H groups in total. The fraction of sp³-hybridized carbons (Fsp3) is 0.0625. The first-order chi connectivity index (χ1) is 9.65. The van der Waals surface area contributed by atoms with Crippen LogP contribution in [0.4, 0.5) is 0 Å². The van der Waals surface area contributed by atoms with Crippen molar-refractivity contribution in [2.75, 3.05) is 0 Å². The van der Waals surface area contributed by atoms with E-state index in [-0.39, 0.29) is 12.4 Å². The highest BCUT2D eigenvalue weighted by atomic mass is 79.9. The number of aromatic nitrogens is 2. The second-order valence-corrected chi connectivity index (χ2v) is 6.22. The van der Waals surface area contributed by atoms with E-state index in [4.69, 9.17) is 11.6 Å². The maximum absolute atomic E-state index is 6.19. The summed E-state index contributed by atoms with van der Waals surface area (Å²) in [4.78, 5) is 3.45. The average Bonchev–Trinajstić information content (AvgIpc) is 2.77. The topological polar surface area (TPSA) is 19.7 Å². The Morgan fingerprint density at radius 1 is 1.10 bits per heavy atom. The van der Waals surface area contributed by atoms with E-state index in [0.717, 1.165) is 20.5 Å². The molecule has 2 aromatic heterocycles. The number of nitrogens with one attached hydrogen (secondary N) is 1. The van der Waals surface area contributed by atoms with E-state index in [0.29, 0.717) is 0 Å². The lowest BCUT2D eigenvalue weighted by Gasteiger charge is -1.99. The van der Waals surface area contributed by atoms with Crippen molar-refractivity contribution in [1.82, 2.24) is 4.98 Å². The first kappa shape index (κ1) is 14.6. The maximum Gasteiger partial charge on any atom is 0.238 e. The van der Waals surface area contributed by atoms with Crippen molar-refractivity contribution in [2.24, 2.45) is 7.05 Å². The molecule has 0 aliphatic rings. The predicted octanol–water partition coefficient (Wildman–Crippen LogP) is 5.14. The van der Waals surface area contributed by atoms with Crippen LogP contribution in [0.1, 0.15) is 0 Å². The number of pyridine rings is 1. The van der Waals surface area contributed by atoms with E-state index in [1.54, 1.807) is 0 Å². The fourth-order valence-electron chi connectivity index (χ4n) is 2.85. The quantitative estimate of drug-likeness (QED) is 0.406. The van der Waals surface area contributed by atoms with Gasteiger partial charge in [-0.15, -0.1) is 12.4 Å². The van der Waals surface area contributed by atoms with Crippen molar-refractivity contribution in [3.63, 3.8) is 0 Å². The highest BCUT2D eigenvalue weighted by Crippen LogP contribution is 2.32. The highest BCUT2D eigenvalue weighted by molar-refractivity contribution is 9.10. The highest BCUT2D eigenvalue weighted by Gasteiger charge is 2.17. The van der Waals surface area contributed by atoms with Gasteiger partial charge >= 0.3 is 0 Å². The van der Waals surface area contributed by atoms with Gasteiger partial charge in [0.05, 0.1) is 15.9 Å². The SMILES string of the molecule is C[n+]1c2ccccc2cc2[nH]c3cc(Cl)c(Br)cc3c21.Cl. The molecule has 4 aromatic rings. The van der Waals surface area contributed by atoms with Crippen LogP contribution in [0, 0.1) is 0 Å². The van der Waals surface area contributed by atoms with Gasteiger partial charge in [0.1, 0.15) is 12.6 Å². The summed E-state index contributed by atoms with van der Waals surface area (Å²) in [5.41, 5.74) is 4.58. The zero-order chi connectivity index (χ0) is 13.9. The first-order valence-corrected chi connectivity index (χ1v) is 7.50. The van der Waals surface area contributed by atoms with Crippen LogP contribution in [0.15, 0.2) is 46.9 Å². The third-order valence-corrected chi connectivity index (χ3v) is 4.97. The number of H-pyrrole nitrogens is 1. The van der Waals surface area contributed by atoms with Crippen LogP contribution in [-0.2, 0) is 7.05 Å². The van der Waals surface area contributed by atoms with Gasteiger partial charge in [0.2, 0.25) is 11.0 Å². The summed E-state index contributed by atoms with van der Waals surface area (Å²) in [5, 5.41) is 3.11. The van der Waals surface area contributed by atoms with Gasteiger partial charge in [0.15, 0.2) is 0 Å². The van der Waals surface area contributed by atoms with Crippen LogP contribution in [-0.4, -0.2) is 4.98 Å². The lowest BCUT2D eigenvalue weighted by molar-refractivity contribution is -0.616. The Bertz CT molecular complexity index is 992. The summed E-state index contributed by atoms with van der Waals surface area (Å²) in [7, 11) is 2.10.